The molecule has 0 fully saturated rings. The van der Waals surface area contributed by atoms with Gasteiger partial charge in [0, 0.05) is 6.20 Å². The maximum atomic E-state index is 12.4. The molecular formula is C13H11N7O2. The summed E-state index contributed by atoms with van der Waals surface area (Å²) in [4.78, 5) is 36.2. The predicted molar refractivity (Wildman–Crippen MR) is 78.3 cm³/mol. The maximum absolute atomic E-state index is 12.4. The monoisotopic (exact) mass is 297 g/mol. The van der Waals surface area contributed by atoms with Crippen molar-refractivity contribution in [1.29, 1.82) is 0 Å². The fraction of sp³-hybridized carbons (Fsp3) is 0. The molecule has 22 heavy (non-hydrogen) atoms. The third-order valence-electron chi connectivity index (χ3n) is 3.02. The van der Waals surface area contributed by atoms with Crippen LogP contribution in [0.25, 0.3) is 0 Å². The van der Waals surface area contributed by atoms with Gasteiger partial charge in [-0.1, -0.05) is 18.7 Å². The first kappa shape index (κ1) is 13.5. The van der Waals surface area contributed by atoms with Gasteiger partial charge in [-0.15, -0.1) is 0 Å². The van der Waals surface area contributed by atoms with E-state index in [1.165, 1.54) is 6.20 Å². The summed E-state index contributed by atoms with van der Waals surface area (Å²) in [7, 11) is 0. The summed E-state index contributed by atoms with van der Waals surface area (Å²) in [6.45, 7) is 3.57. The summed E-state index contributed by atoms with van der Waals surface area (Å²) in [5, 5.41) is 1.95. The van der Waals surface area contributed by atoms with E-state index in [2.05, 4.69) is 21.5 Å². The number of hydrogen-bond donors (Lipinski definition) is 2. The van der Waals surface area contributed by atoms with Gasteiger partial charge in [-0.2, -0.15) is 20.0 Å². The first-order chi connectivity index (χ1) is 10.5. The summed E-state index contributed by atoms with van der Waals surface area (Å²) in [6, 6.07) is 6.47. The fourth-order valence-electron chi connectivity index (χ4n) is 2.12. The Labute approximate surface area is 124 Å². The molecule has 0 saturated heterocycles. The number of carbonyl (C=O) groups is 2. The Morgan fingerprint density at radius 1 is 1.00 bits per heavy atom. The molecule has 0 radical (unpaired) electrons. The molecule has 2 amide bonds. The van der Waals surface area contributed by atoms with Crippen LogP contribution in [0.2, 0.25) is 0 Å². The summed E-state index contributed by atoms with van der Waals surface area (Å²) in [5.41, 5.74) is 11.6. The molecule has 9 nitrogen and oxygen atoms in total. The molecule has 0 unspecified atom stereocenters. The van der Waals surface area contributed by atoms with Crippen LogP contribution in [0.4, 0.5) is 17.8 Å². The predicted octanol–water partition coefficient (Wildman–Crippen LogP) is 0.197. The molecule has 0 spiro atoms. The Bertz CT molecular complexity index is 749. The normalized spacial score (nSPS) is 13.2. The van der Waals surface area contributed by atoms with Crippen molar-refractivity contribution in [2.24, 2.45) is 0 Å². The number of imide groups is 1. The minimum absolute atomic E-state index is 0.0745. The van der Waals surface area contributed by atoms with Crippen LogP contribution in [0.1, 0.15) is 20.7 Å². The van der Waals surface area contributed by atoms with Gasteiger partial charge in [0.1, 0.15) is 0 Å². The van der Waals surface area contributed by atoms with Crippen LogP contribution in [-0.2, 0) is 0 Å². The maximum Gasteiger partial charge on any atom is 0.281 e. The second kappa shape index (κ2) is 4.81. The van der Waals surface area contributed by atoms with Crippen LogP contribution >= 0.6 is 0 Å². The number of nitrogens with zero attached hydrogens (tertiary/aromatic N) is 5. The lowest BCUT2D eigenvalue weighted by molar-refractivity contribution is 0.0649. The summed E-state index contributed by atoms with van der Waals surface area (Å²) < 4.78 is 0. The van der Waals surface area contributed by atoms with Gasteiger partial charge in [0.25, 0.3) is 17.8 Å². The van der Waals surface area contributed by atoms with E-state index in [1.807, 2.05) is 0 Å². The number of hydrogen-bond acceptors (Lipinski definition) is 8. The van der Waals surface area contributed by atoms with E-state index < -0.39 is 11.8 Å². The van der Waals surface area contributed by atoms with Gasteiger partial charge in [-0.25, -0.2) is 5.01 Å². The van der Waals surface area contributed by atoms with Crippen LogP contribution in [-0.4, -0.2) is 31.8 Å². The second-order valence-electron chi connectivity index (χ2n) is 4.35. The lowest BCUT2D eigenvalue weighted by atomic mass is 10.1. The minimum Gasteiger partial charge on any atom is -0.368 e. The second-order valence-corrected chi connectivity index (χ2v) is 4.35. The van der Waals surface area contributed by atoms with Gasteiger partial charge >= 0.3 is 0 Å². The van der Waals surface area contributed by atoms with Crippen LogP contribution in [0.15, 0.2) is 37.0 Å². The third kappa shape index (κ3) is 1.92. The van der Waals surface area contributed by atoms with Gasteiger partial charge in [-0.05, 0) is 12.1 Å². The van der Waals surface area contributed by atoms with E-state index in [0.29, 0.717) is 0 Å². The SMILES string of the molecule is C=CN(c1nc(N)nc(N)n1)N1C(=O)c2ccccc2C1=O. The van der Waals surface area contributed by atoms with Gasteiger partial charge in [-0.3, -0.25) is 9.59 Å². The number of hydrazine groups is 1. The van der Waals surface area contributed by atoms with E-state index in [-0.39, 0.29) is 29.0 Å². The number of fused-ring (bicyclic) bond motifs is 1. The molecule has 0 aliphatic carbocycles. The molecule has 9 heteroatoms. The molecule has 2 aromatic rings. The molecule has 1 aromatic heterocycles. The highest BCUT2D eigenvalue weighted by molar-refractivity contribution is 6.22. The van der Waals surface area contributed by atoms with Crippen LogP contribution < -0.4 is 16.5 Å². The molecule has 2 heterocycles. The molecule has 1 aliphatic heterocycles. The zero-order chi connectivity index (χ0) is 15.9. The molecule has 4 N–H and O–H groups in total. The van der Waals surface area contributed by atoms with E-state index in [4.69, 9.17) is 11.5 Å². The van der Waals surface area contributed by atoms with Crippen molar-refractivity contribution in [1.82, 2.24) is 20.0 Å². The van der Waals surface area contributed by atoms with Crippen LogP contribution in [0.3, 0.4) is 0 Å². The van der Waals surface area contributed by atoms with Gasteiger partial charge in [0.05, 0.1) is 11.1 Å². The number of benzene rings is 1. The Balaban J connectivity index is 2.08. The molecular weight excluding hydrogens is 286 g/mol. The highest BCUT2D eigenvalue weighted by Crippen LogP contribution is 2.26. The number of aromatic nitrogens is 3. The number of carbonyl (C=O) groups excluding carboxylic acids is 2. The third-order valence-corrected chi connectivity index (χ3v) is 3.02. The highest BCUT2D eigenvalue weighted by atomic mass is 16.2. The Morgan fingerprint density at radius 2 is 1.50 bits per heavy atom. The van der Waals surface area contributed by atoms with Crippen molar-refractivity contribution in [3.63, 3.8) is 0 Å². The minimum atomic E-state index is -0.516. The molecule has 3 rings (SSSR count). The first-order valence-electron chi connectivity index (χ1n) is 6.19. The molecule has 0 atom stereocenters. The Kier molecular flexibility index (Phi) is 2.95. The zero-order valence-electron chi connectivity index (χ0n) is 11.3. The van der Waals surface area contributed by atoms with E-state index in [9.17, 15) is 9.59 Å². The van der Waals surface area contributed by atoms with E-state index in [1.54, 1.807) is 24.3 Å². The molecule has 0 bridgehead atoms. The Hall–Kier alpha value is -3.49. The quantitative estimate of drug-likeness (QED) is 0.768. The van der Waals surface area contributed by atoms with Crippen molar-refractivity contribution in [2.75, 3.05) is 16.5 Å². The van der Waals surface area contributed by atoms with Gasteiger partial charge in [0.2, 0.25) is 11.9 Å². The van der Waals surface area contributed by atoms with Crippen LogP contribution in [0.5, 0.6) is 0 Å². The molecule has 0 saturated carbocycles. The number of anilines is 3. The van der Waals surface area contributed by atoms with Crippen molar-refractivity contribution in [3.05, 3.63) is 48.2 Å². The highest BCUT2D eigenvalue weighted by Gasteiger charge is 2.39. The molecule has 1 aliphatic rings. The standard InChI is InChI=1S/C13H11N7O2/c1-2-19(13-17-11(14)16-12(15)18-13)20-9(21)7-5-3-4-6-8(7)10(20)22/h2-6H,1H2,(H4,14,15,16,17,18). The lowest BCUT2D eigenvalue weighted by Crippen LogP contribution is -2.44. The van der Waals surface area contributed by atoms with Gasteiger partial charge in [0.15, 0.2) is 0 Å². The summed E-state index contributed by atoms with van der Waals surface area (Å²) in [5.74, 6) is -1.37. The number of rotatable bonds is 3. The van der Waals surface area contributed by atoms with Crippen molar-refractivity contribution < 1.29 is 9.59 Å². The van der Waals surface area contributed by atoms with Gasteiger partial charge < -0.3 is 11.5 Å². The zero-order valence-corrected chi connectivity index (χ0v) is 11.3. The van der Waals surface area contributed by atoms with Crippen molar-refractivity contribution in [3.8, 4) is 0 Å². The van der Waals surface area contributed by atoms with E-state index in [0.717, 1.165) is 10.0 Å². The number of nitrogen functional groups attached to an aromatic ring is 2. The lowest BCUT2D eigenvalue weighted by Gasteiger charge is -2.26. The summed E-state index contributed by atoms with van der Waals surface area (Å²) >= 11 is 0. The topological polar surface area (TPSA) is 131 Å². The molecule has 110 valence electrons. The van der Waals surface area contributed by atoms with Crippen LogP contribution in [0, 0.1) is 0 Å². The first-order valence-corrected chi connectivity index (χ1v) is 6.19. The fourth-order valence-corrected chi connectivity index (χ4v) is 2.12. The average Bonchev–Trinajstić information content (AvgIpc) is 2.73. The van der Waals surface area contributed by atoms with E-state index >= 15 is 0 Å². The largest absolute Gasteiger partial charge is 0.368 e. The number of amides is 2. The average molecular weight is 297 g/mol. The Morgan fingerprint density at radius 3 is 1.95 bits per heavy atom. The smallest absolute Gasteiger partial charge is 0.281 e. The number of nitrogens with two attached hydrogens (primary N) is 2. The summed E-state index contributed by atoms with van der Waals surface area (Å²) in [6.07, 6.45) is 1.22. The molecule has 1 aromatic carbocycles. The van der Waals surface area contributed by atoms with Crippen molar-refractivity contribution >= 4 is 29.7 Å². The van der Waals surface area contributed by atoms with Crippen molar-refractivity contribution in [2.45, 2.75) is 0 Å².